The lowest BCUT2D eigenvalue weighted by Gasteiger charge is -2.43. The molecule has 2 rings (SSSR count). The highest BCUT2D eigenvalue weighted by Crippen LogP contribution is 2.47. The number of carboxylic acids is 1. The first-order valence-electron chi connectivity index (χ1n) is 5.66. The lowest BCUT2D eigenvalue weighted by molar-refractivity contribution is -0.148. The summed E-state index contributed by atoms with van der Waals surface area (Å²) in [5.41, 5.74) is 7.14. The second kappa shape index (κ2) is 3.74. The fourth-order valence-corrected chi connectivity index (χ4v) is 2.53. The Hall–Kier alpha value is -1.55. The molecule has 0 saturated heterocycles. The maximum atomic E-state index is 11.4. The number of hydrogen-bond donors (Lipinski definition) is 3. The molecular weight excluding hydrogens is 218 g/mol. The number of aromatic hydroxyl groups is 1. The number of benzene rings is 1. The van der Waals surface area contributed by atoms with Crippen molar-refractivity contribution in [3.63, 3.8) is 0 Å². The molecule has 4 N–H and O–H groups in total. The molecule has 4 heteroatoms. The molecule has 1 aromatic carbocycles. The molecule has 0 aliphatic heterocycles. The SMILES string of the molecule is Cc1cc(O)c(C2(C(=O)O)CC(N)C2)cc1C. The molecule has 0 bridgehead atoms. The van der Waals surface area contributed by atoms with Crippen LogP contribution in [-0.2, 0) is 10.2 Å². The van der Waals surface area contributed by atoms with Crippen molar-refractivity contribution in [3.05, 3.63) is 28.8 Å². The third kappa shape index (κ3) is 1.69. The molecule has 1 aliphatic rings. The van der Waals surface area contributed by atoms with Gasteiger partial charge in [0.25, 0.3) is 0 Å². The van der Waals surface area contributed by atoms with Crippen LogP contribution in [0.2, 0.25) is 0 Å². The van der Waals surface area contributed by atoms with Gasteiger partial charge >= 0.3 is 5.97 Å². The standard InChI is InChI=1S/C13H17NO3/c1-7-3-10(11(15)4-8(7)2)13(12(16)17)5-9(14)6-13/h3-4,9,15H,5-6,14H2,1-2H3,(H,16,17). The van der Waals surface area contributed by atoms with E-state index in [9.17, 15) is 15.0 Å². The maximum Gasteiger partial charge on any atom is 0.314 e. The van der Waals surface area contributed by atoms with Crippen LogP contribution >= 0.6 is 0 Å². The van der Waals surface area contributed by atoms with E-state index in [1.165, 1.54) is 0 Å². The Bertz CT molecular complexity index is 476. The van der Waals surface area contributed by atoms with E-state index in [-0.39, 0.29) is 11.8 Å². The van der Waals surface area contributed by atoms with Crippen molar-refractivity contribution in [2.24, 2.45) is 5.73 Å². The number of aliphatic carboxylic acids is 1. The van der Waals surface area contributed by atoms with Gasteiger partial charge < -0.3 is 15.9 Å². The highest BCUT2D eigenvalue weighted by molar-refractivity contribution is 5.84. The first-order valence-corrected chi connectivity index (χ1v) is 5.66. The molecule has 1 saturated carbocycles. The van der Waals surface area contributed by atoms with Crippen LogP contribution < -0.4 is 5.73 Å². The number of hydrogen-bond acceptors (Lipinski definition) is 3. The van der Waals surface area contributed by atoms with E-state index in [4.69, 9.17) is 5.73 Å². The van der Waals surface area contributed by atoms with Crippen molar-refractivity contribution in [2.45, 2.75) is 38.1 Å². The summed E-state index contributed by atoms with van der Waals surface area (Å²) < 4.78 is 0. The summed E-state index contributed by atoms with van der Waals surface area (Å²) in [7, 11) is 0. The Morgan fingerprint density at radius 3 is 2.35 bits per heavy atom. The number of aryl methyl sites for hydroxylation is 2. The van der Waals surface area contributed by atoms with Crippen molar-refractivity contribution in [2.75, 3.05) is 0 Å². The van der Waals surface area contributed by atoms with Gasteiger partial charge in [0.2, 0.25) is 0 Å². The van der Waals surface area contributed by atoms with Gasteiger partial charge in [-0.3, -0.25) is 4.79 Å². The summed E-state index contributed by atoms with van der Waals surface area (Å²) in [5.74, 6) is -0.847. The van der Waals surface area contributed by atoms with Gasteiger partial charge in [-0.1, -0.05) is 6.07 Å². The summed E-state index contributed by atoms with van der Waals surface area (Å²) in [4.78, 5) is 11.4. The molecule has 0 atom stereocenters. The van der Waals surface area contributed by atoms with Crippen LogP contribution in [0.4, 0.5) is 0 Å². The zero-order valence-electron chi connectivity index (χ0n) is 10.0. The Kier molecular flexibility index (Phi) is 2.62. The van der Waals surface area contributed by atoms with E-state index >= 15 is 0 Å². The molecule has 17 heavy (non-hydrogen) atoms. The molecule has 0 heterocycles. The number of phenolic OH excluding ortho intramolecular Hbond substituents is 1. The van der Waals surface area contributed by atoms with Gasteiger partial charge in [-0.15, -0.1) is 0 Å². The summed E-state index contributed by atoms with van der Waals surface area (Å²) in [6.45, 7) is 3.80. The molecule has 0 unspecified atom stereocenters. The average molecular weight is 235 g/mol. The second-order valence-corrected chi connectivity index (χ2v) is 5.01. The van der Waals surface area contributed by atoms with E-state index in [2.05, 4.69) is 0 Å². The molecule has 1 fully saturated rings. The number of phenols is 1. The van der Waals surface area contributed by atoms with Gasteiger partial charge in [-0.05, 0) is 43.9 Å². The summed E-state index contributed by atoms with van der Waals surface area (Å²) in [6.07, 6.45) is 0.775. The lowest BCUT2D eigenvalue weighted by Crippen LogP contribution is -2.54. The largest absolute Gasteiger partial charge is 0.508 e. The Morgan fingerprint density at radius 2 is 1.88 bits per heavy atom. The normalized spacial score (nSPS) is 27.6. The van der Waals surface area contributed by atoms with Crippen molar-refractivity contribution in [1.29, 1.82) is 0 Å². The van der Waals surface area contributed by atoms with Gasteiger partial charge in [0.05, 0.1) is 5.41 Å². The highest BCUT2D eigenvalue weighted by atomic mass is 16.4. The molecule has 1 aliphatic carbocycles. The molecular formula is C13H17NO3. The van der Waals surface area contributed by atoms with E-state index in [1.54, 1.807) is 12.1 Å². The molecule has 0 radical (unpaired) electrons. The van der Waals surface area contributed by atoms with Crippen molar-refractivity contribution in [1.82, 2.24) is 0 Å². The van der Waals surface area contributed by atoms with Crippen molar-refractivity contribution < 1.29 is 15.0 Å². The predicted molar refractivity (Wildman–Crippen MR) is 64.1 cm³/mol. The molecule has 4 nitrogen and oxygen atoms in total. The first kappa shape index (κ1) is 11.9. The molecule has 92 valence electrons. The van der Waals surface area contributed by atoms with Crippen LogP contribution in [0.5, 0.6) is 5.75 Å². The number of nitrogens with two attached hydrogens (primary N) is 1. The second-order valence-electron chi connectivity index (χ2n) is 5.01. The summed E-state index contributed by atoms with van der Waals surface area (Å²) in [5, 5.41) is 19.3. The molecule has 0 aromatic heterocycles. The van der Waals surface area contributed by atoms with Gasteiger partial charge in [0, 0.05) is 11.6 Å². The topological polar surface area (TPSA) is 83.5 Å². The minimum absolute atomic E-state index is 0.0578. The van der Waals surface area contributed by atoms with Crippen molar-refractivity contribution in [3.8, 4) is 5.75 Å². The Labute approximate surface area is 100 Å². The first-order chi connectivity index (χ1) is 7.86. The third-order valence-electron chi connectivity index (χ3n) is 3.76. The minimum atomic E-state index is -0.998. The molecule has 0 amide bonds. The number of carbonyl (C=O) groups is 1. The lowest BCUT2D eigenvalue weighted by atomic mass is 9.61. The Morgan fingerprint density at radius 1 is 1.35 bits per heavy atom. The van der Waals surface area contributed by atoms with E-state index in [1.807, 2.05) is 13.8 Å². The molecule has 0 spiro atoms. The quantitative estimate of drug-likeness (QED) is 0.724. The van der Waals surface area contributed by atoms with Crippen LogP contribution in [0.3, 0.4) is 0 Å². The zero-order valence-corrected chi connectivity index (χ0v) is 10.0. The summed E-state index contributed by atoms with van der Waals surface area (Å²) in [6, 6.07) is 3.30. The fraction of sp³-hybridized carbons (Fsp3) is 0.462. The minimum Gasteiger partial charge on any atom is -0.508 e. The van der Waals surface area contributed by atoms with Gasteiger partial charge in [0.15, 0.2) is 0 Å². The van der Waals surface area contributed by atoms with Crippen LogP contribution in [0.15, 0.2) is 12.1 Å². The van der Waals surface area contributed by atoms with E-state index < -0.39 is 11.4 Å². The Balaban J connectivity index is 2.52. The van der Waals surface area contributed by atoms with Crippen LogP contribution in [0, 0.1) is 13.8 Å². The fourth-order valence-electron chi connectivity index (χ4n) is 2.53. The van der Waals surface area contributed by atoms with E-state index in [0.29, 0.717) is 18.4 Å². The van der Waals surface area contributed by atoms with Gasteiger partial charge in [-0.2, -0.15) is 0 Å². The number of carboxylic acid groups (broad SMARTS) is 1. The van der Waals surface area contributed by atoms with Crippen LogP contribution in [0.25, 0.3) is 0 Å². The van der Waals surface area contributed by atoms with Crippen LogP contribution in [0.1, 0.15) is 29.5 Å². The molecule has 1 aromatic rings. The van der Waals surface area contributed by atoms with Gasteiger partial charge in [0.1, 0.15) is 5.75 Å². The maximum absolute atomic E-state index is 11.4. The smallest absolute Gasteiger partial charge is 0.314 e. The van der Waals surface area contributed by atoms with E-state index in [0.717, 1.165) is 11.1 Å². The average Bonchev–Trinajstić information content (AvgIpc) is 2.18. The van der Waals surface area contributed by atoms with Gasteiger partial charge in [-0.25, -0.2) is 0 Å². The highest BCUT2D eigenvalue weighted by Gasteiger charge is 2.51. The van der Waals surface area contributed by atoms with Crippen LogP contribution in [-0.4, -0.2) is 22.2 Å². The number of rotatable bonds is 2. The third-order valence-corrected chi connectivity index (χ3v) is 3.76. The monoisotopic (exact) mass is 235 g/mol. The zero-order chi connectivity index (χ0) is 12.8. The summed E-state index contributed by atoms with van der Waals surface area (Å²) >= 11 is 0. The van der Waals surface area contributed by atoms with Crippen molar-refractivity contribution >= 4 is 5.97 Å². The predicted octanol–water partition coefficient (Wildman–Crippen LogP) is 1.45.